The molecule has 0 atom stereocenters. The van der Waals surface area contributed by atoms with Crippen molar-refractivity contribution in [3.63, 3.8) is 0 Å². The van der Waals surface area contributed by atoms with E-state index in [0.717, 1.165) is 6.42 Å². The van der Waals surface area contributed by atoms with Gasteiger partial charge in [-0.25, -0.2) is 0 Å². The van der Waals surface area contributed by atoms with E-state index in [1.807, 2.05) is 6.92 Å². The van der Waals surface area contributed by atoms with E-state index in [1.165, 1.54) is 5.57 Å². The molecule has 0 aliphatic rings. The van der Waals surface area contributed by atoms with E-state index < -0.39 is 0 Å². The third-order valence-corrected chi connectivity index (χ3v) is 0.898. The standard InChI is InChI=1S/C8H14/c1-4-5-6-7-8(2)3/h4-5,7H,6H2,1-3H3/b5-4-. The topological polar surface area (TPSA) is 0 Å². The van der Waals surface area contributed by atoms with Crippen molar-refractivity contribution in [2.24, 2.45) is 0 Å². The van der Waals surface area contributed by atoms with Gasteiger partial charge in [0.25, 0.3) is 0 Å². The predicted octanol–water partition coefficient (Wildman–Crippen LogP) is 2.92. The third kappa shape index (κ3) is 5.48. The average molecular weight is 110 g/mol. The lowest BCUT2D eigenvalue weighted by Crippen LogP contribution is -1.61. The van der Waals surface area contributed by atoms with E-state index in [1.54, 1.807) is 0 Å². The Balaban J connectivity index is 3.30. The van der Waals surface area contributed by atoms with Crippen molar-refractivity contribution in [2.45, 2.75) is 27.2 Å². The SMILES string of the molecule is C/C=C\CC=C(C)C. The molecule has 0 saturated carbocycles. The molecule has 0 heteroatoms. The molecule has 0 spiro atoms. The zero-order valence-corrected chi connectivity index (χ0v) is 5.94. The van der Waals surface area contributed by atoms with Gasteiger partial charge in [0.15, 0.2) is 0 Å². The molecule has 0 fully saturated rings. The van der Waals surface area contributed by atoms with E-state index in [-0.39, 0.29) is 0 Å². The molecule has 0 heterocycles. The van der Waals surface area contributed by atoms with Crippen LogP contribution in [0.1, 0.15) is 27.2 Å². The second-order valence-electron chi connectivity index (χ2n) is 2.09. The van der Waals surface area contributed by atoms with E-state index in [4.69, 9.17) is 0 Å². The molecule has 0 amide bonds. The normalized spacial score (nSPS) is 9.88. The molecule has 0 aromatic carbocycles. The molecule has 0 saturated heterocycles. The summed E-state index contributed by atoms with van der Waals surface area (Å²) >= 11 is 0. The van der Waals surface area contributed by atoms with Crippen LogP contribution >= 0.6 is 0 Å². The summed E-state index contributed by atoms with van der Waals surface area (Å²) in [6, 6.07) is 0. The predicted molar refractivity (Wildman–Crippen MR) is 38.9 cm³/mol. The fourth-order valence-electron chi connectivity index (χ4n) is 0.440. The maximum absolute atomic E-state index is 2.21. The minimum atomic E-state index is 1.08. The van der Waals surface area contributed by atoms with Crippen LogP contribution in [0.4, 0.5) is 0 Å². The first kappa shape index (κ1) is 7.48. The van der Waals surface area contributed by atoms with Crippen molar-refractivity contribution in [3.05, 3.63) is 23.8 Å². The van der Waals surface area contributed by atoms with Gasteiger partial charge in [0.2, 0.25) is 0 Å². The quantitative estimate of drug-likeness (QED) is 0.479. The van der Waals surface area contributed by atoms with Crippen LogP contribution in [-0.2, 0) is 0 Å². The second-order valence-corrected chi connectivity index (χ2v) is 2.09. The Morgan fingerprint density at radius 3 is 2.38 bits per heavy atom. The lowest BCUT2D eigenvalue weighted by Gasteiger charge is -1.83. The molecule has 0 rings (SSSR count). The van der Waals surface area contributed by atoms with Gasteiger partial charge < -0.3 is 0 Å². The maximum atomic E-state index is 2.21. The van der Waals surface area contributed by atoms with Gasteiger partial charge in [-0.15, -0.1) is 0 Å². The fourth-order valence-corrected chi connectivity index (χ4v) is 0.440. The van der Waals surface area contributed by atoms with Crippen LogP contribution < -0.4 is 0 Å². The Labute approximate surface area is 51.9 Å². The van der Waals surface area contributed by atoms with Gasteiger partial charge in [-0.1, -0.05) is 23.8 Å². The van der Waals surface area contributed by atoms with Crippen molar-refractivity contribution < 1.29 is 0 Å². The molecule has 0 aliphatic heterocycles. The van der Waals surface area contributed by atoms with Crippen LogP contribution in [0.3, 0.4) is 0 Å². The molecular weight excluding hydrogens is 96.1 g/mol. The number of rotatable bonds is 2. The van der Waals surface area contributed by atoms with E-state index in [0.29, 0.717) is 0 Å². The van der Waals surface area contributed by atoms with Crippen LogP contribution in [0.15, 0.2) is 23.8 Å². The molecule has 8 heavy (non-hydrogen) atoms. The van der Waals surface area contributed by atoms with Crippen LogP contribution in [0.5, 0.6) is 0 Å². The number of hydrogen-bond acceptors (Lipinski definition) is 0. The molecule has 0 unspecified atom stereocenters. The van der Waals surface area contributed by atoms with E-state index >= 15 is 0 Å². The minimum Gasteiger partial charge on any atom is -0.0914 e. The molecule has 0 bridgehead atoms. The highest BCUT2D eigenvalue weighted by Gasteiger charge is 1.71. The summed E-state index contributed by atoms with van der Waals surface area (Å²) in [6.45, 7) is 6.27. The Morgan fingerprint density at radius 1 is 1.38 bits per heavy atom. The molecule has 46 valence electrons. The van der Waals surface area contributed by atoms with Crippen LogP contribution in [0.25, 0.3) is 0 Å². The van der Waals surface area contributed by atoms with Crippen molar-refractivity contribution in [3.8, 4) is 0 Å². The highest BCUT2D eigenvalue weighted by atomic mass is 13.8. The lowest BCUT2D eigenvalue weighted by atomic mass is 10.2. The molecule has 0 radical (unpaired) electrons. The first-order valence-corrected chi connectivity index (χ1v) is 3.02. The Kier molecular flexibility index (Phi) is 4.33. The van der Waals surface area contributed by atoms with Crippen molar-refractivity contribution >= 4 is 0 Å². The van der Waals surface area contributed by atoms with E-state index in [9.17, 15) is 0 Å². The van der Waals surface area contributed by atoms with Crippen molar-refractivity contribution in [1.82, 2.24) is 0 Å². The minimum absolute atomic E-state index is 1.08. The van der Waals surface area contributed by atoms with Crippen molar-refractivity contribution in [2.75, 3.05) is 0 Å². The third-order valence-electron chi connectivity index (χ3n) is 0.898. The summed E-state index contributed by atoms with van der Waals surface area (Å²) < 4.78 is 0. The van der Waals surface area contributed by atoms with Gasteiger partial charge in [0.05, 0.1) is 0 Å². The van der Waals surface area contributed by atoms with Crippen LogP contribution in [0.2, 0.25) is 0 Å². The summed E-state index contributed by atoms with van der Waals surface area (Å²) in [5.41, 5.74) is 1.39. The van der Waals surface area contributed by atoms with Gasteiger partial charge in [0, 0.05) is 0 Å². The Bertz CT molecular complexity index is 92.6. The molecule has 0 aliphatic carbocycles. The number of hydrogen-bond donors (Lipinski definition) is 0. The second kappa shape index (κ2) is 4.63. The maximum Gasteiger partial charge on any atom is -0.0167 e. The molecule has 0 aromatic heterocycles. The summed E-state index contributed by atoms with van der Waals surface area (Å²) in [7, 11) is 0. The van der Waals surface area contributed by atoms with Gasteiger partial charge in [-0.05, 0) is 27.2 Å². The zero-order valence-electron chi connectivity index (χ0n) is 5.94. The first-order chi connectivity index (χ1) is 3.77. The Morgan fingerprint density at radius 2 is 2.00 bits per heavy atom. The first-order valence-electron chi connectivity index (χ1n) is 3.02. The monoisotopic (exact) mass is 110 g/mol. The molecule has 0 N–H and O–H groups in total. The van der Waals surface area contributed by atoms with Crippen molar-refractivity contribution in [1.29, 1.82) is 0 Å². The van der Waals surface area contributed by atoms with Gasteiger partial charge >= 0.3 is 0 Å². The lowest BCUT2D eigenvalue weighted by molar-refractivity contribution is 1.27. The summed E-state index contributed by atoms with van der Waals surface area (Å²) in [5, 5.41) is 0. The molecule has 0 nitrogen and oxygen atoms in total. The van der Waals surface area contributed by atoms with Gasteiger partial charge in [0.1, 0.15) is 0 Å². The highest BCUT2D eigenvalue weighted by molar-refractivity contribution is 4.98. The Hall–Kier alpha value is -0.520. The molecular formula is C8H14. The summed E-state index contributed by atoms with van der Waals surface area (Å²) in [6.07, 6.45) is 7.51. The fraction of sp³-hybridized carbons (Fsp3) is 0.500. The molecule has 0 aromatic rings. The largest absolute Gasteiger partial charge is 0.0914 e. The summed E-state index contributed by atoms with van der Waals surface area (Å²) in [5.74, 6) is 0. The van der Waals surface area contributed by atoms with Gasteiger partial charge in [-0.2, -0.15) is 0 Å². The average Bonchev–Trinajstić information content (AvgIpc) is 1.66. The van der Waals surface area contributed by atoms with E-state index in [2.05, 4.69) is 32.1 Å². The summed E-state index contributed by atoms with van der Waals surface area (Å²) in [4.78, 5) is 0. The van der Waals surface area contributed by atoms with Gasteiger partial charge in [-0.3, -0.25) is 0 Å². The zero-order chi connectivity index (χ0) is 6.41. The number of allylic oxidation sites excluding steroid dienone is 4. The van der Waals surface area contributed by atoms with Crippen LogP contribution in [0, 0.1) is 0 Å². The van der Waals surface area contributed by atoms with Crippen LogP contribution in [-0.4, -0.2) is 0 Å². The smallest absolute Gasteiger partial charge is 0.0167 e. The highest BCUT2D eigenvalue weighted by Crippen LogP contribution is 1.92.